The molecule has 2 rings (SSSR count). The zero-order valence-electron chi connectivity index (χ0n) is 10.9. The van der Waals surface area contributed by atoms with Gasteiger partial charge in [-0.05, 0) is 48.6 Å². The van der Waals surface area contributed by atoms with Crippen LogP contribution in [0.4, 0.5) is 0 Å². The predicted octanol–water partition coefficient (Wildman–Crippen LogP) is 2.45. The molecule has 1 unspecified atom stereocenters. The SMILES string of the molecule is Cc1ccccc1CC(NN)c1cnccc1C. The van der Waals surface area contributed by atoms with Crippen LogP contribution in [0.3, 0.4) is 0 Å². The minimum Gasteiger partial charge on any atom is -0.271 e. The van der Waals surface area contributed by atoms with E-state index in [9.17, 15) is 0 Å². The van der Waals surface area contributed by atoms with Crippen LogP contribution in [0.1, 0.15) is 28.3 Å². The lowest BCUT2D eigenvalue weighted by atomic mass is 9.95. The van der Waals surface area contributed by atoms with Crippen LogP contribution >= 0.6 is 0 Å². The van der Waals surface area contributed by atoms with Gasteiger partial charge in [0.25, 0.3) is 0 Å². The number of nitrogens with zero attached hydrogens (tertiary/aromatic N) is 1. The molecule has 0 bridgehead atoms. The van der Waals surface area contributed by atoms with Crippen LogP contribution in [0, 0.1) is 13.8 Å². The van der Waals surface area contributed by atoms with Crippen molar-refractivity contribution in [3.05, 3.63) is 65.0 Å². The fourth-order valence-corrected chi connectivity index (χ4v) is 2.16. The molecular formula is C15H19N3. The Morgan fingerprint density at radius 2 is 1.94 bits per heavy atom. The molecule has 0 saturated carbocycles. The largest absolute Gasteiger partial charge is 0.271 e. The molecule has 1 aromatic carbocycles. The Morgan fingerprint density at radius 1 is 1.17 bits per heavy atom. The summed E-state index contributed by atoms with van der Waals surface area (Å²) < 4.78 is 0. The summed E-state index contributed by atoms with van der Waals surface area (Å²) in [6.45, 7) is 4.21. The van der Waals surface area contributed by atoms with Crippen molar-refractivity contribution in [2.24, 2.45) is 5.84 Å². The number of benzene rings is 1. The summed E-state index contributed by atoms with van der Waals surface area (Å²) >= 11 is 0. The molecule has 1 aromatic heterocycles. The molecular weight excluding hydrogens is 222 g/mol. The van der Waals surface area contributed by atoms with Gasteiger partial charge in [-0.15, -0.1) is 0 Å². The van der Waals surface area contributed by atoms with Gasteiger partial charge in [0.1, 0.15) is 0 Å². The number of hydrogen-bond donors (Lipinski definition) is 2. The lowest BCUT2D eigenvalue weighted by molar-refractivity contribution is 0.546. The summed E-state index contributed by atoms with van der Waals surface area (Å²) in [5.74, 6) is 5.69. The molecule has 0 saturated heterocycles. The van der Waals surface area contributed by atoms with Crippen molar-refractivity contribution in [3.63, 3.8) is 0 Å². The van der Waals surface area contributed by atoms with Crippen molar-refractivity contribution < 1.29 is 0 Å². The predicted molar refractivity (Wildman–Crippen MR) is 73.9 cm³/mol. The molecule has 0 aliphatic heterocycles. The van der Waals surface area contributed by atoms with E-state index in [1.54, 1.807) is 6.20 Å². The van der Waals surface area contributed by atoms with Crippen LogP contribution in [0.15, 0.2) is 42.7 Å². The van der Waals surface area contributed by atoms with Gasteiger partial charge in [0, 0.05) is 12.4 Å². The summed E-state index contributed by atoms with van der Waals surface area (Å²) in [5, 5.41) is 0. The number of hydrogen-bond acceptors (Lipinski definition) is 3. The monoisotopic (exact) mass is 241 g/mol. The Kier molecular flexibility index (Phi) is 4.07. The maximum absolute atomic E-state index is 5.69. The van der Waals surface area contributed by atoms with Crippen molar-refractivity contribution in [1.82, 2.24) is 10.4 Å². The third-order valence-electron chi connectivity index (χ3n) is 3.34. The van der Waals surface area contributed by atoms with Crippen LogP contribution in [-0.4, -0.2) is 4.98 Å². The Morgan fingerprint density at radius 3 is 2.61 bits per heavy atom. The second kappa shape index (κ2) is 5.76. The molecule has 2 aromatic rings. The van der Waals surface area contributed by atoms with Crippen LogP contribution in [0.2, 0.25) is 0 Å². The average molecular weight is 241 g/mol. The number of rotatable bonds is 4. The Balaban J connectivity index is 2.26. The van der Waals surface area contributed by atoms with E-state index < -0.39 is 0 Å². The van der Waals surface area contributed by atoms with E-state index in [1.165, 1.54) is 16.7 Å². The third kappa shape index (κ3) is 2.75. The van der Waals surface area contributed by atoms with E-state index in [2.05, 4.69) is 48.5 Å². The number of hydrazine groups is 1. The highest BCUT2D eigenvalue weighted by Gasteiger charge is 2.13. The number of aromatic nitrogens is 1. The minimum atomic E-state index is 0.0970. The standard InChI is InChI=1S/C15H19N3/c1-11-5-3-4-6-13(11)9-15(18-16)14-10-17-8-7-12(14)2/h3-8,10,15,18H,9,16H2,1-2H3. The first-order chi connectivity index (χ1) is 8.72. The van der Waals surface area contributed by atoms with Gasteiger partial charge in [-0.1, -0.05) is 24.3 Å². The zero-order chi connectivity index (χ0) is 13.0. The van der Waals surface area contributed by atoms with Gasteiger partial charge in [0.05, 0.1) is 6.04 Å². The molecule has 1 heterocycles. The van der Waals surface area contributed by atoms with E-state index in [-0.39, 0.29) is 6.04 Å². The van der Waals surface area contributed by atoms with Gasteiger partial charge < -0.3 is 0 Å². The number of nitrogens with two attached hydrogens (primary N) is 1. The summed E-state index contributed by atoms with van der Waals surface area (Å²) in [4.78, 5) is 4.18. The van der Waals surface area contributed by atoms with Gasteiger partial charge >= 0.3 is 0 Å². The molecule has 0 aliphatic carbocycles. The maximum Gasteiger partial charge on any atom is 0.0518 e. The summed E-state index contributed by atoms with van der Waals surface area (Å²) in [6.07, 6.45) is 4.56. The normalized spacial score (nSPS) is 12.4. The smallest absolute Gasteiger partial charge is 0.0518 e. The first-order valence-corrected chi connectivity index (χ1v) is 6.13. The van der Waals surface area contributed by atoms with Crippen molar-refractivity contribution in [1.29, 1.82) is 0 Å². The van der Waals surface area contributed by atoms with Gasteiger partial charge in [0.15, 0.2) is 0 Å². The van der Waals surface area contributed by atoms with Crippen molar-refractivity contribution in [3.8, 4) is 0 Å². The molecule has 0 spiro atoms. The lowest BCUT2D eigenvalue weighted by Gasteiger charge is -2.19. The highest BCUT2D eigenvalue weighted by atomic mass is 15.2. The van der Waals surface area contributed by atoms with Gasteiger partial charge in [0.2, 0.25) is 0 Å². The Bertz CT molecular complexity index is 523. The van der Waals surface area contributed by atoms with Crippen LogP contribution in [0.5, 0.6) is 0 Å². The van der Waals surface area contributed by atoms with Crippen LogP contribution < -0.4 is 11.3 Å². The van der Waals surface area contributed by atoms with Crippen molar-refractivity contribution >= 4 is 0 Å². The van der Waals surface area contributed by atoms with E-state index in [0.717, 1.165) is 12.0 Å². The summed E-state index contributed by atoms with van der Waals surface area (Å²) in [6, 6.07) is 10.5. The van der Waals surface area contributed by atoms with E-state index in [0.29, 0.717) is 0 Å². The second-order valence-electron chi connectivity index (χ2n) is 4.58. The van der Waals surface area contributed by atoms with Gasteiger partial charge in [-0.2, -0.15) is 0 Å². The molecule has 94 valence electrons. The maximum atomic E-state index is 5.69. The molecule has 0 fully saturated rings. The first-order valence-electron chi connectivity index (χ1n) is 6.13. The van der Waals surface area contributed by atoms with Gasteiger partial charge in [-0.3, -0.25) is 16.3 Å². The fraction of sp³-hybridized carbons (Fsp3) is 0.267. The third-order valence-corrected chi connectivity index (χ3v) is 3.34. The first kappa shape index (κ1) is 12.7. The average Bonchev–Trinajstić information content (AvgIpc) is 2.39. The molecule has 1 atom stereocenters. The quantitative estimate of drug-likeness (QED) is 0.638. The summed E-state index contributed by atoms with van der Waals surface area (Å²) in [5.41, 5.74) is 7.86. The topological polar surface area (TPSA) is 50.9 Å². The lowest BCUT2D eigenvalue weighted by Crippen LogP contribution is -2.30. The second-order valence-corrected chi connectivity index (χ2v) is 4.58. The highest BCUT2D eigenvalue weighted by molar-refractivity contribution is 5.31. The number of aryl methyl sites for hydroxylation is 2. The number of nitrogens with one attached hydrogen (secondary N) is 1. The minimum absolute atomic E-state index is 0.0970. The Hall–Kier alpha value is -1.71. The van der Waals surface area contributed by atoms with Crippen LogP contribution in [0.25, 0.3) is 0 Å². The molecule has 3 heteroatoms. The Labute approximate surface area is 108 Å². The summed E-state index contributed by atoms with van der Waals surface area (Å²) in [7, 11) is 0. The van der Waals surface area contributed by atoms with Crippen LogP contribution in [-0.2, 0) is 6.42 Å². The van der Waals surface area contributed by atoms with Crippen molar-refractivity contribution in [2.75, 3.05) is 0 Å². The highest BCUT2D eigenvalue weighted by Crippen LogP contribution is 2.21. The number of pyridine rings is 1. The molecule has 3 nitrogen and oxygen atoms in total. The van der Waals surface area contributed by atoms with E-state index in [1.807, 2.05) is 12.3 Å². The van der Waals surface area contributed by atoms with Crippen molar-refractivity contribution in [2.45, 2.75) is 26.3 Å². The molecule has 0 radical (unpaired) electrons. The van der Waals surface area contributed by atoms with E-state index >= 15 is 0 Å². The molecule has 0 aliphatic rings. The zero-order valence-corrected chi connectivity index (χ0v) is 10.9. The van der Waals surface area contributed by atoms with Gasteiger partial charge in [-0.25, -0.2) is 0 Å². The molecule has 3 N–H and O–H groups in total. The molecule has 18 heavy (non-hydrogen) atoms. The van der Waals surface area contributed by atoms with E-state index in [4.69, 9.17) is 5.84 Å². The molecule has 0 amide bonds. The fourth-order valence-electron chi connectivity index (χ4n) is 2.16.